The molecule has 0 spiro atoms. The average Bonchev–Trinajstić information content (AvgIpc) is 2.45. The SMILES string of the molecule is N#Cc1nccnc1OCCCc1ccncc1. The largest absolute Gasteiger partial charge is 0.476 e. The number of nitriles is 1. The molecule has 18 heavy (non-hydrogen) atoms. The van der Waals surface area contributed by atoms with Crippen LogP contribution in [0.2, 0.25) is 0 Å². The average molecular weight is 240 g/mol. The highest BCUT2D eigenvalue weighted by atomic mass is 16.5. The van der Waals surface area contributed by atoms with Gasteiger partial charge in [0.05, 0.1) is 6.61 Å². The van der Waals surface area contributed by atoms with Crippen LogP contribution in [-0.2, 0) is 6.42 Å². The predicted octanol–water partition coefficient (Wildman–Crippen LogP) is 1.75. The van der Waals surface area contributed by atoms with Crippen LogP contribution in [0.15, 0.2) is 36.9 Å². The number of pyridine rings is 1. The smallest absolute Gasteiger partial charge is 0.251 e. The number of aromatic nitrogens is 3. The zero-order valence-electron chi connectivity index (χ0n) is 9.78. The monoisotopic (exact) mass is 240 g/mol. The Morgan fingerprint density at radius 1 is 1.11 bits per heavy atom. The van der Waals surface area contributed by atoms with Crippen LogP contribution in [0.25, 0.3) is 0 Å². The van der Waals surface area contributed by atoms with Gasteiger partial charge >= 0.3 is 0 Å². The van der Waals surface area contributed by atoms with Crippen LogP contribution in [0.3, 0.4) is 0 Å². The number of hydrogen-bond acceptors (Lipinski definition) is 5. The highest BCUT2D eigenvalue weighted by molar-refractivity contribution is 5.29. The molecule has 5 nitrogen and oxygen atoms in total. The third kappa shape index (κ3) is 3.25. The Morgan fingerprint density at radius 3 is 2.67 bits per heavy atom. The van der Waals surface area contributed by atoms with Crippen molar-refractivity contribution in [2.45, 2.75) is 12.8 Å². The summed E-state index contributed by atoms with van der Waals surface area (Å²) in [6, 6.07) is 5.90. The van der Waals surface area contributed by atoms with Crippen LogP contribution >= 0.6 is 0 Å². The second-order valence-corrected chi connectivity index (χ2v) is 3.63. The summed E-state index contributed by atoms with van der Waals surface area (Å²) in [4.78, 5) is 11.8. The molecule has 0 atom stereocenters. The van der Waals surface area contributed by atoms with Crippen LogP contribution in [-0.4, -0.2) is 21.6 Å². The summed E-state index contributed by atoms with van der Waals surface area (Å²) in [6.45, 7) is 0.510. The van der Waals surface area contributed by atoms with E-state index >= 15 is 0 Å². The standard InChI is InChI=1S/C13H12N4O/c14-10-12-13(17-8-7-16-12)18-9-1-2-11-3-5-15-6-4-11/h3-8H,1-2,9H2. The molecule has 0 radical (unpaired) electrons. The number of nitrogens with zero attached hydrogens (tertiary/aromatic N) is 4. The molecule has 2 heterocycles. The van der Waals surface area contributed by atoms with Crippen LogP contribution in [0.1, 0.15) is 17.7 Å². The lowest BCUT2D eigenvalue weighted by Crippen LogP contribution is -2.03. The van der Waals surface area contributed by atoms with Gasteiger partial charge in [0.1, 0.15) is 6.07 Å². The summed E-state index contributed by atoms with van der Waals surface area (Å²) >= 11 is 0. The fourth-order valence-electron chi connectivity index (χ4n) is 1.50. The molecule has 2 aromatic rings. The van der Waals surface area contributed by atoms with Crippen LogP contribution in [0.4, 0.5) is 0 Å². The van der Waals surface area contributed by atoms with E-state index in [4.69, 9.17) is 10.00 Å². The van der Waals surface area contributed by atoms with Crippen LogP contribution < -0.4 is 4.74 Å². The van der Waals surface area contributed by atoms with E-state index < -0.39 is 0 Å². The first-order valence-corrected chi connectivity index (χ1v) is 5.63. The molecule has 0 aliphatic carbocycles. The van der Waals surface area contributed by atoms with Gasteiger partial charge in [-0.1, -0.05) is 0 Å². The minimum absolute atomic E-state index is 0.224. The van der Waals surface area contributed by atoms with E-state index in [1.165, 1.54) is 18.0 Å². The Labute approximate surface area is 105 Å². The van der Waals surface area contributed by atoms with Crippen molar-refractivity contribution in [2.24, 2.45) is 0 Å². The van der Waals surface area contributed by atoms with Gasteiger partial charge in [0, 0.05) is 24.8 Å². The molecule has 0 saturated heterocycles. The fraction of sp³-hybridized carbons (Fsp3) is 0.231. The molecule has 0 aromatic carbocycles. The summed E-state index contributed by atoms with van der Waals surface area (Å²) in [5.41, 5.74) is 1.44. The highest BCUT2D eigenvalue weighted by Gasteiger charge is 2.04. The molecule has 0 fully saturated rings. The van der Waals surface area contributed by atoms with Crippen molar-refractivity contribution in [3.8, 4) is 11.9 Å². The molecule has 5 heteroatoms. The Balaban J connectivity index is 1.81. The summed E-state index contributed by atoms with van der Waals surface area (Å²) in [5, 5.41) is 8.81. The first kappa shape index (κ1) is 12.0. The van der Waals surface area contributed by atoms with E-state index in [2.05, 4.69) is 15.0 Å². The lowest BCUT2D eigenvalue weighted by atomic mass is 10.1. The second kappa shape index (κ2) is 6.30. The van der Waals surface area contributed by atoms with Gasteiger partial charge in [-0.3, -0.25) is 4.98 Å². The highest BCUT2D eigenvalue weighted by Crippen LogP contribution is 2.10. The third-order valence-corrected chi connectivity index (χ3v) is 2.37. The number of ether oxygens (including phenoxy) is 1. The lowest BCUT2D eigenvalue weighted by molar-refractivity contribution is 0.297. The van der Waals surface area contributed by atoms with Crippen molar-refractivity contribution in [1.82, 2.24) is 15.0 Å². The van der Waals surface area contributed by atoms with E-state index in [1.807, 2.05) is 18.2 Å². The number of hydrogen-bond donors (Lipinski definition) is 0. The van der Waals surface area contributed by atoms with E-state index in [-0.39, 0.29) is 5.69 Å². The van der Waals surface area contributed by atoms with Gasteiger partial charge < -0.3 is 4.74 Å². The Kier molecular flexibility index (Phi) is 4.20. The third-order valence-electron chi connectivity index (χ3n) is 2.37. The summed E-state index contributed by atoms with van der Waals surface area (Å²) < 4.78 is 5.44. The summed E-state index contributed by atoms with van der Waals surface area (Å²) in [6.07, 6.45) is 8.29. The molecule has 2 rings (SSSR count). The van der Waals surface area contributed by atoms with Gasteiger partial charge in [-0.25, -0.2) is 9.97 Å². The maximum atomic E-state index is 8.81. The lowest BCUT2D eigenvalue weighted by Gasteiger charge is -2.05. The van der Waals surface area contributed by atoms with Gasteiger partial charge in [-0.05, 0) is 30.5 Å². The molecule has 0 aliphatic rings. The molecule has 2 aromatic heterocycles. The van der Waals surface area contributed by atoms with Gasteiger partial charge in [-0.2, -0.15) is 5.26 Å². The van der Waals surface area contributed by atoms with Crippen LogP contribution in [0, 0.1) is 11.3 Å². The molecule has 0 bridgehead atoms. The Hall–Kier alpha value is -2.48. The van der Waals surface area contributed by atoms with E-state index in [0.717, 1.165) is 12.8 Å². The normalized spacial score (nSPS) is 9.72. The van der Waals surface area contributed by atoms with Crippen molar-refractivity contribution >= 4 is 0 Å². The predicted molar refractivity (Wildman–Crippen MR) is 64.8 cm³/mol. The molecule has 0 unspecified atom stereocenters. The van der Waals surface area contributed by atoms with Crippen molar-refractivity contribution in [2.75, 3.05) is 6.61 Å². The maximum Gasteiger partial charge on any atom is 0.251 e. The zero-order chi connectivity index (χ0) is 12.6. The summed E-state index contributed by atoms with van der Waals surface area (Å²) in [7, 11) is 0. The fourth-order valence-corrected chi connectivity index (χ4v) is 1.50. The van der Waals surface area contributed by atoms with Crippen molar-refractivity contribution in [1.29, 1.82) is 5.26 Å². The van der Waals surface area contributed by atoms with E-state index in [9.17, 15) is 0 Å². The quantitative estimate of drug-likeness (QED) is 0.744. The molecular weight excluding hydrogens is 228 g/mol. The van der Waals surface area contributed by atoms with Gasteiger partial charge in [-0.15, -0.1) is 0 Å². The molecule has 0 amide bonds. The van der Waals surface area contributed by atoms with Crippen LogP contribution in [0.5, 0.6) is 5.88 Å². The van der Waals surface area contributed by atoms with Crippen molar-refractivity contribution in [3.63, 3.8) is 0 Å². The van der Waals surface area contributed by atoms with Gasteiger partial charge in [0.15, 0.2) is 0 Å². The topological polar surface area (TPSA) is 71.7 Å². The minimum Gasteiger partial charge on any atom is -0.476 e. The first-order chi connectivity index (χ1) is 8.90. The summed E-state index contributed by atoms with van der Waals surface area (Å²) in [5.74, 6) is 0.301. The zero-order valence-corrected chi connectivity index (χ0v) is 9.78. The second-order valence-electron chi connectivity index (χ2n) is 3.63. The number of rotatable bonds is 5. The van der Waals surface area contributed by atoms with Gasteiger partial charge in [0.25, 0.3) is 5.88 Å². The van der Waals surface area contributed by atoms with Gasteiger partial charge in [0.2, 0.25) is 5.69 Å². The van der Waals surface area contributed by atoms with Crippen molar-refractivity contribution in [3.05, 3.63) is 48.2 Å². The maximum absolute atomic E-state index is 8.81. The first-order valence-electron chi connectivity index (χ1n) is 5.63. The molecule has 0 aliphatic heterocycles. The van der Waals surface area contributed by atoms with Crippen molar-refractivity contribution < 1.29 is 4.74 Å². The number of aryl methyl sites for hydroxylation is 1. The molecule has 90 valence electrons. The molecular formula is C13H12N4O. The molecule has 0 N–H and O–H groups in total. The minimum atomic E-state index is 0.224. The van der Waals surface area contributed by atoms with E-state index in [0.29, 0.717) is 12.5 Å². The molecule has 0 saturated carbocycles. The van der Waals surface area contributed by atoms with E-state index in [1.54, 1.807) is 12.4 Å². The Morgan fingerprint density at radius 2 is 1.89 bits per heavy atom. The Bertz CT molecular complexity index is 536.